The van der Waals surface area contributed by atoms with Crippen LogP contribution in [0.25, 0.3) is 0 Å². The zero-order valence-electron chi connectivity index (χ0n) is 8.40. The van der Waals surface area contributed by atoms with E-state index in [0.717, 1.165) is 6.54 Å². The summed E-state index contributed by atoms with van der Waals surface area (Å²) in [5.74, 6) is 0. The first kappa shape index (κ1) is 8.75. The first-order valence-corrected chi connectivity index (χ1v) is 5.02. The lowest BCUT2D eigenvalue weighted by molar-refractivity contribution is 0.166. The Labute approximate surface area is 79.3 Å². The van der Waals surface area contributed by atoms with Gasteiger partial charge in [0.25, 0.3) is 0 Å². The van der Waals surface area contributed by atoms with Crippen LogP contribution >= 0.6 is 0 Å². The van der Waals surface area contributed by atoms with Gasteiger partial charge in [0.05, 0.1) is 5.69 Å². The van der Waals surface area contributed by atoms with Crippen LogP contribution in [0, 0.1) is 0 Å². The minimum absolute atomic E-state index is 0.478. The molecular weight excluding hydrogens is 162 g/mol. The molecule has 0 saturated carbocycles. The van der Waals surface area contributed by atoms with Crippen molar-refractivity contribution in [2.75, 3.05) is 13.1 Å². The maximum absolute atomic E-state index is 4.32. The van der Waals surface area contributed by atoms with Gasteiger partial charge in [0.2, 0.25) is 0 Å². The standard InChI is InChI=1S/C10H17N3/c1-9(2)13-10(4-5-11-13)8-12-6-3-7-12/h4-5,9H,3,6-8H2,1-2H3. The van der Waals surface area contributed by atoms with E-state index in [-0.39, 0.29) is 0 Å². The van der Waals surface area contributed by atoms with Gasteiger partial charge < -0.3 is 0 Å². The van der Waals surface area contributed by atoms with Crippen molar-refractivity contribution in [3.05, 3.63) is 18.0 Å². The highest BCUT2D eigenvalue weighted by Crippen LogP contribution is 2.14. The van der Waals surface area contributed by atoms with E-state index < -0.39 is 0 Å². The predicted molar refractivity (Wildman–Crippen MR) is 52.5 cm³/mol. The van der Waals surface area contributed by atoms with Crippen LogP contribution in [0.1, 0.15) is 32.0 Å². The molecule has 1 aliphatic rings. The van der Waals surface area contributed by atoms with Gasteiger partial charge in [-0.05, 0) is 39.4 Å². The van der Waals surface area contributed by atoms with E-state index in [4.69, 9.17) is 0 Å². The van der Waals surface area contributed by atoms with Crippen molar-refractivity contribution in [1.29, 1.82) is 0 Å². The molecule has 0 aromatic carbocycles. The summed E-state index contributed by atoms with van der Waals surface area (Å²) in [5.41, 5.74) is 1.34. The Balaban J connectivity index is 2.05. The van der Waals surface area contributed by atoms with E-state index >= 15 is 0 Å². The summed E-state index contributed by atoms with van der Waals surface area (Å²) in [7, 11) is 0. The van der Waals surface area contributed by atoms with Crippen molar-refractivity contribution in [3.8, 4) is 0 Å². The van der Waals surface area contributed by atoms with Crippen molar-refractivity contribution in [1.82, 2.24) is 14.7 Å². The number of hydrogen-bond acceptors (Lipinski definition) is 2. The molecule has 1 saturated heterocycles. The lowest BCUT2D eigenvalue weighted by Gasteiger charge is -2.30. The molecule has 0 bridgehead atoms. The molecule has 0 unspecified atom stereocenters. The second-order valence-electron chi connectivity index (χ2n) is 3.99. The average Bonchev–Trinajstić information content (AvgIpc) is 2.44. The van der Waals surface area contributed by atoms with E-state index in [1.807, 2.05) is 6.20 Å². The van der Waals surface area contributed by atoms with Gasteiger partial charge >= 0.3 is 0 Å². The summed E-state index contributed by atoms with van der Waals surface area (Å²) in [6, 6.07) is 2.60. The van der Waals surface area contributed by atoms with Crippen LogP contribution in [-0.4, -0.2) is 27.8 Å². The third-order valence-electron chi connectivity index (χ3n) is 2.58. The molecule has 0 spiro atoms. The van der Waals surface area contributed by atoms with Crippen LogP contribution < -0.4 is 0 Å². The Morgan fingerprint density at radius 3 is 2.77 bits per heavy atom. The largest absolute Gasteiger partial charge is 0.297 e. The fraction of sp³-hybridized carbons (Fsp3) is 0.700. The Bertz CT molecular complexity index is 273. The van der Waals surface area contributed by atoms with Crippen molar-refractivity contribution in [3.63, 3.8) is 0 Å². The molecule has 72 valence electrons. The van der Waals surface area contributed by atoms with Gasteiger partial charge in [-0.2, -0.15) is 5.10 Å². The molecule has 0 aliphatic carbocycles. The van der Waals surface area contributed by atoms with E-state index in [1.54, 1.807) is 0 Å². The maximum Gasteiger partial charge on any atom is 0.0527 e. The summed E-state index contributed by atoms with van der Waals surface area (Å²) in [6.45, 7) is 7.92. The highest BCUT2D eigenvalue weighted by molar-refractivity contribution is 5.02. The predicted octanol–water partition coefficient (Wildman–Crippen LogP) is 1.67. The molecule has 1 aliphatic heterocycles. The minimum atomic E-state index is 0.478. The van der Waals surface area contributed by atoms with Gasteiger partial charge in [-0.25, -0.2) is 0 Å². The average molecular weight is 179 g/mol. The van der Waals surface area contributed by atoms with Gasteiger partial charge in [-0.3, -0.25) is 9.58 Å². The van der Waals surface area contributed by atoms with Crippen molar-refractivity contribution >= 4 is 0 Å². The van der Waals surface area contributed by atoms with E-state index in [2.05, 4.69) is 34.6 Å². The van der Waals surface area contributed by atoms with Gasteiger partial charge in [0.15, 0.2) is 0 Å². The van der Waals surface area contributed by atoms with Crippen LogP contribution in [0.15, 0.2) is 12.3 Å². The number of rotatable bonds is 3. The fourth-order valence-corrected chi connectivity index (χ4v) is 1.70. The molecule has 1 fully saturated rings. The molecule has 0 N–H and O–H groups in total. The molecule has 0 amide bonds. The monoisotopic (exact) mass is 179 g/mol. The van der Waals surface area contributed by atoms with Crippen LogP contribution in [0.4, 0.5) is 0 Å². The lowest BCUT2D eigenvalue weighted by atomic mass is 10.2. The molecule has 1 aromatic heterocycles. The SMILES string of the molecule is CC(C)n1nccc1CN1CCC1. The summed E-state index contributed by atoms with van der Waals surface area (Å²) in [5, 5.41) is 4.32. The van der Waals surface area contributed by atoms with Crippen LogP contribution in [-0.2, 0) is 6.54 Å². The Morgan fingerprint density at radius 1 is 1.46 bits per heavy atom. The Hall–Kier alpha value is -0.830. The summed E-state index contributed by atoms with van der Waals surface area (Å²) in [4.78, 5) is 2.45. The number of nitrogens with zero attached hydrogens (tertiary/aromatic N) is 3. The summed E-state index contributed by atoms with van der Waals surface area (Å²) < 4.78 is 2.11. The molecule has 2 heterocycles. The normalized spacial score (nSPS) is 17.8. The zero-order valence-corrected chi connectivity index (χ0v) is 8.40. The van der Waals surface area contributed by atoms with Gasteiger partial charge in [0, 0.05) is 18.8 Å². The number of hydrogen-bond donors (Lipinski definition) is 0. The van der Waals surface area contributed by atoms with Crippen LogP contribution in [0.3, 0.4) is 0 Å². The first-order chi connectivity index (χ1) is 6.27. The molecule has 13 heavy (non-hydrogen) atoms. The van der Waals surface area contributed by atoms with Crippen molar-refractivity contribution < 1.29 is 0 Å². The van der Waals surface area contributed by atoms with Crippen LogP contribution in [0.2, 0.25) is 0 Å². The quantitative estimate of drug-likeness (QED) is 0.703. The summed E-state index contributed by atoms with van der Waals surface area (Å²) >= 11 is 0. The molecule has 0 atom stereocenters. The van der Waals surface area contributed by atoms with E-state index in [9.17, 15) is 0 Å². The molecule has 3 nitrogen and oxygen atoms in total. The second-order valence-corrected chi connectivity index (χ2v) is 3.99. The topological polar surface area (TPSA) is 21.1 Å². The van der Waals surface area contributed by atoms with Gasteiger partial charge in [-0.15, -0.1) is 0 Å². The van der Waals surface area contributed by atoms with Gasteiger partial charge in [0.1, 0.15) is 0 Å². The second kappa shape index (κ2) is 3.50. The molecule has 2 rings (SSSR count). The highest BCUT2D eigenvalue weighted by atomic mass is 15.3. The maximum atomic E-state index is 4.32. The molecule has 0 radical (unpaired) electrons. The zero-order chi connectivity index (χ0) is 9.26. The third-order valence-corrected chi connectivity index (χ3v) is 2.58. The van der Waals surface area contributed by atoms with E-state index in [1.165, 1.54) is 25.2 Å². The molecule has 1 aromatic rings. The Morgan fingerprint density at radius 2 is 2.23 bits per heavy atom. The fourth-order valence-electron chi connectivity index (χ4n) is 1.70. The smallest absolute Gasteiger partial charge is 0.0527 e. The Kier molecular flexibility index (Phi) is 2.36. The van der Waals surface area contributed by atoms with Crippen molar-refractivity contribution in [2.45, 2.75) is 32.9 Å². The van der Waals surface area contributed by atoms with Crippen molar-refractivity contribution in [2.24, 2.45) is 0 Å². The number of aromatic nitrogens is 2. The number of likely N-dealkylation sites (tertiary alicyclic amines) is 1. The molecular formula is C10H17N3. The minimum Gasteiger partial charge on any atom is -0.297 e. The first-order valence-electron chi connectivity index (χ1n) is 5.02. The van der Waals surface area contributed by atoms with E-state index in [0.29, 0.717) is 6.04 Å². The third kappa shape index (κ3) is 1.75. The highest BCUT2D eigenvalue weighted by Gasteiger charge is 2.16. The van der Waals surface area contributed by atoms with Gasteiger partial charge in [-0.1, -0.05) is 0 Å². The van der Waals surface area contributed by atoms with Crippen LogP contribution in [0.5, 0.6) is 0 Å². The lowest BCUT2D eigenvalue weighted by Crippen LogP contribution is -2.37. The summed E-state index contributed by atoms with van der Waals surface area (Å²) in [6.07, 6.45) is 3.25. The molecule has 3 heteroatoms.